The number of aryl methyl sites for hydroxylation is 1. The summed E-state index contributed by atoms with van der Waals surface area (Å²) >= 11 is 0. The van der Waals surface area contributed by atoms with E-state index in [9.17, 15) is 0 Å². The van der Waals surface area contributed by atoms with Crippen molar-refractivity contribution in [2.75, 3.05) is 5.73 Å². The zero-order valence-electron chi connectivity index (χ0n) is 7.15. The van der Waals surface area contributed by atoms with Gasteiger partial charge in [0, 0.05) is 7.05 Å². The zero-order chi connectivity index (χ0) is 9.42. The van der Waals surface area contributed by atoms with E-state index < -0.39 is 0 Å². The van der Waals surface area contributed by atoms with Gasteiger partial charge in [-0.2, -0.15) is 10.4 Å². The smallest absolute Gasteiger partial charge is 0.154 e. The monoisotopic (exact) mass is 172 g/mol. The van der Waals surface area contributed by atoms with Crippen LogP contribution in [-0.2, 0) is 7.05 Å². The summed E-state index contributed by atoms with van der Waals surface area (Å²) in [5.41, 5.74) is 7.13. The minimum Gasteiger partial charge on any atom is -0.382 e. The van der Waals surface area contributed by atoms with Gasteiger partial charge in [0.05, 0.1) is 22.5 Å². The van der Waals surface area contributed by atoms with E-state index in [1.54, 1.807) is 17.8 Å². The maximum atomic E-state index is 8.83. The molecule has 0 fully saturated rings. The molecule has 0 aliphatic carbocycles. The maximum absolute atomic E-state index is 8.83. The summed E-state index contributed by atoms with van der Waals surface area (Å²) in [5.74, 6) is 0.412. The molecule has 0 atom stereocenters. The van der Waals surface area contributed by atoms with Gasteiger partial charge >= 0.3 is 0 Å². The Kier molecular flexibility index (Phi) is 1.46. The number of hydrogen-bond donors (Lipinski definition) is 1. The standard InChI is InChI=1S/C9H8N4/c1-13-7-4-2-3-6(5-10)8(7)9(11)12-13/h2-4H,1H3,(H2,11,12). The second kappa shape index (κ2) is 2.49. The van der Waals surface area contributed by atoms with E-state index in [1.807, 2.05) is 12.1 Å². The molecule has 0 bridgehead atoms. The number of rotatable bonds is 0. The third-order valence-corrected chi connectivity index (χ3v) is 2.03. The quantitative estimate of drug-likeness (QED) is 0.645. The summed E-state index contributed by atoms with van der Waals surface area (Å²) in [6.07, 6.45) is 0. The lowest BCUT2D eigenvalue weighted by Gasteiger charge is -1.93. The molecular formula is C9H8N4. The van der Waals surface area contributed by atoms with Crippen molar-refractivity contribution in [2.24, 2.45) is 7.05 Å². The number of nitriles is 1. The average Bonchev–Trinajstić information content (AvgIpc) is 2.43. The van der Waals surface area contributed by atoms with Gasteiger partial charge in [-0.05, 0) is 12.1 Å². The topological polar surface area (TPSA) is 67.6 Å². The lowest BCUT2D eigenvalue weighted by atomic mass is 10.1. The Morgan fingerprint density at radius 1 is 1.54 bits per heavy atom. The zero-order valence-corrected chi connectivity index (χ0v) is 7.15. The Labute approximate surface area is 75.2 Å². The van der Waals surface area contributed by atoms with Crippen molar-refractivity contribution in [1.29, 1.82) is 5.26 Å². The van der Waals surface area contributed by atoms with Crippen LogP contribution in [0.1, 0.15) is 5.56 Å². The fourth-order valence-electron chi connectivity index (χ4n) is 1.44. The van der Waals surface area contributed by atoms with Crippen LogP contribution < -0.4 is 5.73 Å². The van der Waals surface area contributed by atoms with Gasteiger partial charge in [-0.25, -0.2) is 0 Å². The Bertz CT molecular complexity index is 504. The number of hydrogen-bond acceptors (Lipinski definition) is 3. The van der Waals surface area contributed by atoms with E-state index in [-0.39, 0.29) is 0 Å². The molecule has 4 heteroatoms. The lowest BCUT2D eigenvalue weighted by Crippen LogP contribution is -1.90. The van der Waals surface area contributed by atoms with Crippen LogP contribution in [0.3, 0.4) is 0 Å². The first kappa shape index (κ1) is 7.62. The number of benzene rings is 1. The Morgan fingerprint density at radius 2 is 2.31 bits per heavy atom. The summed E-state index contributed by atoms with van der Waals surface area (Å²) in [6.45, 7) is 0. The van der Waals surface area contributed by atoms with Crippen molar-refractivity contribution in [2.45, 2.75) is 0 Å². The minimum absolute atomic E-state index is 0.412. The largest absolute Gasteiger partial charge is 0.382 e. The molecule has 1 heterocycles. The van der Waals surface area contributed by atoms with Gasteiger partial charge in [0.15, 0.2) is 5.82 Å². The molecule has 13 heavy (non-hydrogen) atoms. The van der Waals surface area contributed by atoms with E-state index in [0.29, 0.717) is 11.4 Å². The summed E-state index contributed by atoms with van der Waals surface area (Å²) < 4.78 is 1.67. The predicted molar refractivity (Wildman–Crippen MR) is 49.8 cm³/mol. The van der Waals surface area contributed by atoms with Crippen molar-refractivity contribution < 1.29 is 0 Å². The van der Waals surface area contributed by atoms with Crippen LogP contribution in [0.4, 0.5) is 5.82 Å². The summed E-state index contributed by atoms with van der Waals surface area (Å²) in [7, 11) is 1.81. The molecule has 4 nitrogen and oxygen atoms in total. The summed E-state index contributed by atoms with van der Waals surface area (Å²) in [6, 6.07) is 7.54. The molecule has 1 aromatic heterocycles. The van der Waals surface area contributed by atoms with Crippen LogP contribution in [0.15, 0.2) is 18.2 Å². The van der Waals surface area contributed by atoms with Gasteiger partial charge < -0.3 is 5.73 Å². The maximum Gasteiger partial charge on any atom is 0.154 e. The second-order valence-corrected chi connectivity index (χ2v) is 2.82. The molecule has 64 valence electrons. The van der Waals surface area contributed by atoms with E-state index in [4.69, 9.17) is 11.0 Å². The van der Waals surface area contributed by atoms with Crippen molar-refractivity contribution in [3.05, 3.63) is 23.8 Å². The highest BCUT2D eigenvalue weighted by Crippen LogP contribution is 2.22. The molecule has 0 radical (unpaired) electrons. The van der Waals surface area contributed by atoms with Crippen molar-refractivity contribution >= 4 is 16.7 Å². The first-order valence-corrected chi connectivity index (χ1v) is 3.85. The highest BCUT2D eigenvalue weighted by Gasteiger charge is 2.08. The first-order chi connectivity index (χ1) is 6.24. The minimum atomic E-state index is 0.412. The normalized spacial score (nSPS) is 10.2. The summed E-state index contributed by atoms with van der Waals surface area (Å²) in [4.78, 5) is 0. The Morgan fingerprint density at radius 3 is 3.00 bits per heavy atom. The van der Waals surface area contributed by atoms with Gasteiger partial charge in [-0.3, -0.25) is 4.68 Å². The molecule has 0 saturated carbocycles. The highest BCUT2D eigenvalue weighted by atomic mass is 15.3. The molecule has 0 aliphatic rings. The number of nitrogens with two attached hydrogens (primary N) is 1. The van der Waals surface area contributed by atoms with E-state index >= 15 is 0 Å². The Hall–Kier alpha value is -2.02. The van der Waals surface area contributed by atoms with Crippen molar-refractivity contribution in [3.8, 4) is 6.07 Å². The summed E-state index contributed by atoms with van der Waals surface area (Å²) in [5, 5.41) is 13.6. The number of nitrogens with zero attached hydrogens (tertiary/aromatic N) is 3. The molecule has 2 rings (SSSR count). The third kappa shape index (κ3) is 0.942. The van der Waals surface area contributed by atoms with E-state index in [0.717, 1.165) is 10.9 Å². The molecule has 0 spiro atoms. The van der Waals surface area contributed by atoms with Gasteiger partial charge in [0.2, 0.25) is 0 Å². The lowest BCUT2D eigenvalue weighted by molar-refractivity contribution is 0.802. The van der Waals surface area contributed by atoms with Gasteiger partial charge in [0.25, 0.3) is 0 Å². The second-order valence-electron chi connectivity index (χ2n) is 2.82. The fourth-order valence-corrected chi connectivity index (χ4v) is 1.44. The molecule has 0 aliphatic heterocycles. The molecular weight excluding hydrogens is 164 g/mol. The van der Waals surface area contributed by atoms with Crippen molar-refractivity contribution in [3.63, 3.8) is 0 Å². The fraction of sp³-hybridized carbons (Fsp3) is 0.111. The highest BCUT2D eigenvalue weighted by molar-refractivity contribution is 5.93. The molecule has 0 unspecified atom stereocenters. The van der Waals surface area contributed by atoms with Crippen LogP contribution in [-0.4, -0.2) is 9.78 Å². The van der Waals surface area contributed by atoms with E-state index in [1.165, 1.54) is 0 Å². The third-order valence-electron chi connectivity index (χ3n) is 2.03. The number of anilines is 1. The molecule has 2 aromatic rings. The van der Waals surface area contributed by atoms with Gasteiger partial charge in [0.1, 0.15) is 0 Å². The van der Waals surface area contributed by atoms with Crippen LogP contribution >= 0.6 is 0 Å². The van der Waals surface area contributed by atoms with Gasteiger partial charge in [-0.1, -0.05) is 6.07 Å². The van der Waals surface area contributed by atoms with Gasteiger partial charge in [-0.15, -0.1) is 0 Å². The van der Waals surface area contributed by atoms with Crippen LogP contribution in [0, 0.1) is 11.3 Å². The molecule has 0 amide bonds. The number of fused-ring (bicyclic) bond motifs is 1. The number of nitrogen functional groups attached to an aromatic ring is 1. The first-order valence-electron chi connectivity index (χ1n) is 3.85. The number of aromatic nitrogens is 2. The van der Waals surface area contributed by atoms with Crippen molar-refractivity contribution in [1.82, 2.24) is 9.78 Å². The molecule has 0 saturated heterocycles. The molecule has 1 aromatic carbocycles. The predicted octanol–water partition coefficient (Wildman–Crippen LogP) is 1.03. The van der Waals surface area contributed by atoms with Crippen LogP contribution in [0.25, 0.3) is 10.9 Å². The van der Waals surface area contributed by atoms with Crippen LogP contribution in [0.2, 0.25) is 0 Å². The van der Waals surface area contributed by atoms with E-state index in [2.05, 4.69) is 11.2 Å². The Balaban J connectivity index is 2.99. The molecule has 2 N–H and O–H groups in total. The van der Waals surface area contributed by atoms with Crippen LogP contribution in [0.5, 0.6) is 0 Å². The average molecular weight is 172 g/mol. The SMILES string of the molecule is Cn1nc(N)c2c(C#N)cccc21.